The third-order valence-corrected chi connectivity index (χ3v) is 3.10. The molecule has 4 nitrogen and oxygen atoms in total. The molecule has 23 heavy (non-hydrogen) atoms. The van der Waals surface area contributed by atoms with Crippen LogP contribution < -0.4 is 5.73 Å². The summed E-state index contributed by atoms with van der Waals surface area (Å²) in [5.41, 5.74) is 6.87. The highest BCUT2D eigenvalue weighted by Gasteiger charge is 2.10. The summed E-state index contributed by atoms with van der Waals surface area (Å²) in [5, 5.41) is 0.812. The Kier molecular flexibility index (Phi) is 11.2. The number of aliphatic imine (C=N–C) groups is 1. The molecule has 0 unspecified atom stereocenters. The van der Waals surface area contributed by atoms with Gasteiger partial charge in [0.15, 0.2) is 0 Å². The highest BCUT2D eigenvalue weighted by Crippen LogP contribution is 2.10. The zero-order valence-corrected chi connectivity index (χ0v) is 15.2. The first-order valence-corrected chi connectivity index (χ1v) is 8.08. The number of benzene rings is 1. The van der Waals surface area contributed by atoms with E-state index in [-0.39, 0.29) is 17.3 Å². The van der Waals surface area contributed by atoms with Gasteiger partial charge in [-0.2, -0.15) is 0 Å². The topological polar surface area (TPSA) is 64.7 Å². The van der Waals surface area contributed by atoms with Gasteiger partial charge in [-0.3, -0.25) is 0 Å². The highest BCUT2D eigenvalue weighted by atomic mass is 35.5. The first-order chi connectivity index (χ1) is 10.8. The second kappa shape index (κ2) is 12.0. The highest BCUT2D eigenvalue weighted by molar-refractivity contribution is 7.89. The minimum absolute atomic E-state index is 0.0396. The first-order valence-electron chi connectivity index (χ1n) is 7.06. The van der Waals surface area contributed by atoms with E-state index >= 15 is 0 Å². The molecule has 128 valence electrons. The van der Waals surface area contributed by atoms with Gasteiger partial charge < -0.3 is 9.92 Å². The minimum Gasteiger partial charge on any atom is -0.383 e. The van der Waals surface area contributed by atoms with Gasteiger partial charge in [0.1, 0.15) is 5.82 Å². The monoisotopic (exact) mass is 360 g/mol. The van der Waals surface area contributed by atoms with Gasteiger partial charge >= 0.3 is 5.97 Å². The SMILES string of the molecule is C/C(C(=O)OSF)=C(N)\N=C/C(C)C.CCc1ccc(Cl)cc1. The smallest absolute Gasteiger partial charge is 0.351 e. The van der Waals surface area contributed by atoms with Crippen LogP contribution >= 0.6 is 24.0 Å². The second-order valence-corrected chi connectivity index (χ2v) is 5.68. The summed E-state index contributed by atoms with van der Waals surface area (Å²) in [6.45, 7) is 7.39. The lowest BCUT2D eigenvalue weighted by molar-refractivity contribution is -0.129. The Balaban J connectivity index is 0.000000459. The van der Waals surface area contributed by atoms with E-state index in [1.54, 1.807) is 6.21 Å². The van der Waals surface area contributed by atoms with Gasteiger partial charge in [-0.1, -0.05) is 44.5 Å². The van der Waals surface area contributed by atoms with E-state index in [0.717, 1.165) is 11.4 Å². The fourth-order valence-electron chi connectivity index (χ4n) is 1.24. The number of hydrogen-bond acceptors (Lipinski definition) is 5. The van der Waals surface area contributed by atoms with Gasteiger partial charge in [-0.15, -0.1) is 3.89 Å². The molecular formula is C16H22ClFN2O2S. The van der Waals surface area contributed by atoms with Gasteiger partial charge in [0.05, 0.1) is 5.57 Å². The van der Waals surface area contributed by atoms with Crippen molar-refractivity contribution in [2.75, 3.05) is 0 Å². The van der Waals surface area contributed by atoms with Crippen molar-refractivity contribution in [2.45, 2.75) is 34.1 Å². The molecule has 0 aromatic heterocycles. The number of aryl methyl sites for hydroxylation is 1. The van der Waals surface area contributed by atoms with Crippen molar-refractivity contribution < 1.29 is 12.9 Å². The summed E-state index contributed by atoms with van der Waals surface area (Å²) >= 11 is 5.16. The van der Waals surface area contributed by atoms with Gasteiger partial charge in [-0.05, 0) is 37.0 Å². The predicted octanol–water partition coefficient (Wildman–Crippen LogP) is 4.88. The molecule has 2 N–H and O–H groups in total. The Bertz CT molecular complexity index is 546. The Morgan fingerprint density at radius 2 is 2.00 bits per heavy atom. The molecule has 0 atom stereocenters. The van der Waals surface area contributed by atoms with Crippen molar-refractivity contribution in [3.05, 3.63) is 46.2 Å². The van der Waals surface area contributed by atoms with Gasteiger partial charge in [0.2, 0.25) is 0 Å². The molecule has 0 bridgehead atoms. The number of nitrogens with two attached hydrogens (primary N) is 1. The lowest BCUT2D eigenvalue weighted by Gasteiger charge is -2.00. The van der Waals surface area contributed by atoms with E-state index < -0.39 is 18.4 Å². The third kappa shape index (κ3) is 9.97. The molecule has 1 rings (SSSR count). The molecule has 0 radical (unpaired) electrons. The molecule has 1 aromatic carbocycles. The van der Waals surface area contributed by atoms with Crippen LogP contribution in [-0.2, 0) is 15.4 Å². The number of halogens is 2. The van der Waals surface area contributed by atoms with E-state index in [1.807, 2.05) is 38.1 Å². The van der Waals surface area contributed by atoms with Crippen LogP contribution in [0.2, 0.25) is 5.02 Å². The van der Waals surface area contributed by atoms with Crippen LogP contribution in [0.25, 0.3) is 0 Å². The molecule has 0 spiro atoms. The van der Waals surface area contributed by atoms with Gasteiger partial charge in [0, 0.05) is 11.2 Å². The molecule has 7 heteroatoms. The summed E-state index contributed by atoms with van der Waals surface area (Å²) in [5.74, 6) is -0.554. The predicted molar refractivity (Wildman–Crippen MR) is 95.8 cm³/mol. The minimum atomic E-state index is -0.823. The summed E-state index contributed by atoms with van der Waals surface area (Å²) in [6.07, 6.45) is 2.67. The van der Waals surface area contributed by atoms with E-state index in [0.29, 0.717) is 0 Å². The molecule has 0 saturated heterocycles. The van der Waals surface area contributed by atoms with Crippen LogP contribution in [0.3, 0.4) is 0 Å². The average molecular weight is 361 g/mol. The molecule has 0 aliphatic rings. The number of carbonyl (C=O) groups is 1. The van der Waals surface area contributed by atoms with Crippen LogP contribution in [0.5, 0.6) is 0 Å². The first kappa shape index (κ1) is 21.5. The van der Waals surface area contributed by atoms with Crippen molar-refractivity contribution in [3.63, 3.8) is 0 Å². The molecule has 1 aromatic rings. The van der Waals surface area contributed by atoms with Gasteiger partial charge in [0.25, 0.3) is 12.4 Å². The summed E-state index contributed by atoms with van der Waals surface area (Å²) in [7, 11) is 0. The largest absolute Gasteiger partial charge is 0.383 e. The quantitative estimate of drug-likeness (QED) is 0.461. The molecular weight excluding hydrogens is 339 g/mol. The normalized spacial score (nSPS) is 11.8. The number of hydrogen-bond donors (Lipinski definition) is 1. The van der Waals surface area contributed by atoms with Crippen LogP contribution in [0.1, 0.15) is 33.3 Å². The molecule has 0 heterocycles. The zero-order valence-electron chi connectivity index (χ0n) is 13.7. The van der Waals surface area contributed by atoms with Crippen LogP contribution in [-0.4, -0.2) is 12.2 Å². The van der Waals surface area contributed by atoms with Crippen molar-refractivity contribution in [3.8, 4) is 0 Å². The Labute approximate surface area is 146 Å². The standard InChI is InChI=1S/C8H9Cl.C8H13FN2O2S/c1-2-7-3-5-8(9)6-4-7;1-5(2)4-11-7(10)6(3)8(12)13-14-9/h3-6H,2H2,1H3;4-5H,10H2,1-3H3/b;7-6+,11-4-. The molecule has 0 aliphatic heterocycles. The Morgan fingerprint density at radius 1 is 1.43 bits per heavy atom. The summed E-state index contributed by atoms with van der Waals surface area (Å²) in [4.78, 5) is 14.8. The van der Waals surface area contributed by atoms with E-state index in [4.69, 9.17) is 17.3 Å². The van der Waals surface area contributed by atoms with Crippen molar-refractivity contribution >= 4 is 36.2 Å². The van der Waals surface area contributed by atoms with E-state index in [9.17, 15) is 8.68 Å². The lowest BCUT2D eigenvalue weighted by atomic mass is 10.2. The van der Waals surface area contributed by atoms with Gasteiger partial charge in [-0.25, -0.2) is 9.79 Å². The number of rotatable bonds is 5. The lowest BCUT2D eigenvalue weighted by Crippen LogP contribution is -2.08. The van der Waals surface area contributed by atoms with E-state index in [2.05, 4.69) is 16.1 Å². The average Bonchev–Trinajstić information content (AvgIpc) is 2.53. The molecule has 0 amide bonds. The Morgan fingerprint density at radius 3 is 2.43 bits per heavy atom. The van der Waals surface area contributed by atoms with Crippen LogP contribution in [0.15, 0.2) is 40.7 Å². The fraction of sp³-hybridized carbons (Fsp3) is 0.375. The fourth-order valence-corrected chi connectivity index (χ4v) is 1.55. The zero-order chi connectivity index (χ0) is 17.8. The maximum Gasteiger partial charge on any atom is 0.351 e. The van der Waals surface area contributed by atoms with Crippen LogP contribution in [0, 0.1) is 5.92 Å². The molecule has 0 saturated carbocycles. The second-order valence-electron chi connectivity index (χ2n) is 4.95. The maximum absolute atomic E-state index is 11.6. The maximum atomic E-state index is 11.6. The summed E-state index contributed by atoms with van der Waals surface area (Å²) in [6, 6.07) is 7.92. The molecule has 0 fully saturated rings. The van der Waals surface area contributed by atoms with Crippen molar-refractivity contribution in [1.82, 2.24) is 0 Å². The Hall–Kier alpha value is -1.53. The number of carbonyl (C=O) groups excluding carboxylic acids is 1. The van der Waals surface area contributed by atoms with Crippen molar-refractivity contribution in [2.24, 2.45) is 16.6 Å². The molecule has 0 aliphatic carbocycles. The van der Waals surface area contributed by atoms with E-state index in [1.165, 1.54) is 12.5 Å². The van der Waals surface area contributed by atoms with Crippen molar-refractivity contribution in [1.29, 1.82) is 0 Å². The third-order valence-electron chi connectivity index (χ3n) is 2.63. The summed E-state index contributed by atoms with van der Waals surface area (Å²) < 4.78 is 15.6. The van der Waals surface area contributed by atoms with Crippen LogP contribution in [0.4, 0.5) is 3.89 Å². The number of nitrogens with zero attached hydrogens (tertiary/aromatic N) is 1.